The number of hydrogen-bond acceptors (Lipinski definition) is 5. The first kappa shape index (κ1) is 11.8. The summed E-state index contributed by atoms with van der Waals surface area (Å²) in [5, 5.41) is 3.31. The molecule has 0 saturated carbocycles. The minimum atomic E-state index is -0.239. The molecule has 0 aromatic carbocycles. The average molecular weight is 229 g/mol. The van der Waals surface area contributed by atoms with Crippen LogP contribution in [0, 0.1) is 5.92 Å². The van der Waals surface area contributed by atoms with Crippen LogP contribution >= 0.6 is 0 Å². The van der Waals surface area contributed by atoms with E-state index in [1.165, 1.54) is 13.5 Å². The van der Waals surface area contributed by atoms with Crippen molar-refractivity contribution in [1.82, 2.24) is 5.32 Å². The summed E-state index contributed by atoms with van der Waals surface area (Å²) in [7, 11) is 1.39. The minimum absolute atomic E-state index is 0.133. The predicted molar refractivity (Wildman–Crippen MR) is 56.8 cm³/mol. The zero-order chi connectivity index (χ0) is 11.4. The topological polar surface area (TPSA) is 56.8 Å². The smallest absolute Gasteiger partial charge is 0.308 e. The van der Waals surface area contributed by atoms with Crippen molar-refractivity contribution in [1.29, 1.82) is 0 Å². The predicted octanol–water partition coefficient (Wildman–Crippen LogP) is 0.291. The molecule has 5 heteroatoms. The highest BCUT2D eigenvalue weighted by Crippen LogP contribution is 2.23. The molecule has 0 radical (unpaired) electrons. The zero-order valence-electron chi connectivity index (χ0n) is 9.61. The molecule has 3 unspecified atom stereocenters. The van der Waals surface area contributed by atoms with Crippen LogP contribution in [0.5, 0.6) is 0 Å². The van der Waals surface area contributed by atoms with Gasteiger partial charge in [-0.3, -0.25) is 4.79 Å². The Morgan fingerprint density at radius 3 is 3.12 bits per heavy atom. The molecule has 2 fully saturated rings. The SMILES string of the molecule is COC(=O)CC1COC(CC2CCNC2)O1. The molecule has 92 valence electrons. The van der Waals surface area contributed by atoms with Gasteiger partial charge >= 0.3 is 5.97 Å². The third kappa shape index (κ3) is 3.17. The second-order valence-electron chi connectivity index (χ2n) is 4.40. The number of rotatable bonds is 4. The summed E-state index contributed by atoms with van der Waals surface area (Å²) in [5.41, 5.74) is 0. The van der Waals surface area contributed by atoms with E-state index < -0.39 is 0 Å². The van der Waals surface area contributed by atoms with Crippen LogP contribution in [0.2, 0.25) is 0 Å². The van der Waals surface area contributed by atoms with Gasteiger partial charge in [0.15, 0.2) is 6.29 Å². The van der Waals surface area contributed by atoms with E-state index in [2.05, 4.69) is 10.1 Å². The largest absolute Gasteiger partial charge is 0.469 e. The van der Waals surface area contributed by atoms with Crippen molar-refractivity contribution < 1.29 is 19.0 Å². The Labute approximate surface area is 95.4 Å². The summed E-state index contributed by atoms with van der Waals surface area (Å²) in [6.45, 7) is 2.63. The molecule has 2 saturated heterocycles. The molecule has 16 heavy (non-hydrogen) atoms. The number of carbonyl (C=O) groups excluding carboxylic acids is 1. The fraction of sp³-hybridized carbons (Fsp3) is 0.909. The van der Waals surface area contributed by atoms with E-state index in [4.69, 9.17) is 9.47 Å². The molecular weight excluding hydrogens is 210 g/mol. The maximum Gasteiger partial charge on any atom is 0.308 e. The van der Waals surface area contributed by atoms with Gasteiger partial charge in [0.25, 0.3) is 0 Å². The Balaban J connectivity index is 1.68. The highest BCUT2D eigenvalue weighted by atomic mass is 16.7. The van der Waals surface area contributed by atoms with Gasteiger partial charge in [-0.05, 0) is 25.4 Å². The lowest BCUT2D eigenvalue weighted by Gasteiger charge is -2.14. The van der Waals surface area contributed by atoms with Crippen molar-refractivity contribution in [3.63, 3.8) is 0 Å². The fourth-order valence-electron chi connectivity index (χ4n) is 2.20. The average Bonchev–Trinajstić information content (AvgIpc) is 2.91. The van der Waals surface area contributed by atoms with Gasteiger partial charge in [-0.2, -0.15) is 0 Å². The van der Waals surface area contributed by atoms with E-state index in [0.717, 1.165) is 19.5 Å². The second-order valence-corrected chi connectivity index (χ2v) is 4.40. The van der Waals surface area contributed by atoms with Crippen LogP contribution < -0.4 is 5.32 Å². The fourth-order valence-corrected chi connectivity index (χ4v) is 2.20. The maximum absolute atomic E-state index is 11.1. The molecule has 0 bridgehead atoms. The summed E-state index contributed by atoms with van der Waals surface area (Å²) in [4.78, 5) is 11.1. The number of esters is 1. The Bertz CT molecular complexity index is 240. The molecule has 0 aromatic rings. The van der Waals surface area contributed by atoms with Crippen LogP contribution in [0.25, 0.3) is 0 Å². The monoisotopic (exact) mass is 229 g/mol. The third-order valence-electron chi connectivity index (χ3n) is 3.12. The Kier molecular flexibility index (Phi) is 4.15. The maximum atomic E-state index is 11.1. The molecule has 3 atom stereocenters. The molecule has 2 rings (SSSR count). The van der Waals surface area contributed by atoms with Gasteiger partial charge in [-0.1, -0.05) is 0 Å². The Morgan fingerprint density at radius 1 is 1.56 bits per heavy atom. The first-order valence-electron chi connectivity index (χ1n) is 5.82. The number of carbonyl (C=O) groups is 1. The Morgan fingerprint density at radius 2 is 2.44 bits per heavy atom. The van der Waals surface area contributed by atoms with Crippen LogP contribution in [0.3, 0.4) is 0 Å². The summed E-state index contributed by atoms with van der Waals surface area (Å²) in [5.74, 6) is 0.402. The molecule has 5 nitrogen and oxygen atoms in total. The van der Waals surface area contributed by atoms with Crippen LogP contribution in [-0.2, 0) is 19.0 Å². The number of hydrogen-bond donors (Lipinski definition) is 1. The molecule has 1 N–H and O–H groups in total. The van der Waals surface area contributed by atoms with Crippen LogP contribution in [0.1, 0.15) is 19.3 Å². The third-order valence-corrected chi connectivity index (χ3v) is 3.12. The van der Waals surface area contributed by atoms with Gasteiger partial charge in [-0.15, -0.1) is 0 Å². The molecule has 0 aliphatic carbocycles. The number of methoxy groups -OCH3 is 1. The van der Waals surface area contributed by atoms with Gasteiger partial charge in [0.1, 0.15) is 0 Å². The Hall–Kier alpha value is -0.650. The standard InChI is InChI=1S/C11H19NO4/c1-14-10(13)5-9-7-15-11(16-9)4-8-2-3-12-6-8/h8-9,11-12H,2-7H2,1H3. The highest BCUT2D eigenvalue weighted by Gasteiger charge is 2.30. The van der Waals surface area contributed by atoms with Crippen molar-refractivity contribution in [2.75, 3.05) is 26.8 Å². The first-order valence-corrected chi connectivity index (χ1v) is 5.82. The molecule has 0 spiro atoms. The highest BCUT2D eigenvalue weighted by molar-refractivity contribution is 5.69. The van der Waals surface area contributed by atoms with E-state index in [9.17, 15) is 4.79 Å². The van der Waals surface area contributed by atoms with Crippen molar-refractivity contribution in [3.05, 3.63) is 0 Å². The molecule has 2 heterocycles. The lowest BCUT2D eigenvalue weighted by Crippen LogP contribution is -2.20. The lowest BCUT2D eigenvalue weighted by molar-refractivity contribution is -0.144. The number of ether oxygens (including phenoxy) is 3. The molecule has 2 aliphatic rings. The van der Waals surface area contributed by atoms with Crippen molar-refractivity contribution in [2.24, 2.45) is 5.92 Å². The summed E-state index contributed by atoms with van der Waals surface area (Å²) in [6, 6.07) is 0. The van der Waals surface area contributed by atoms with Crippen LogP contribution in [0.15, 0.2) is 0 Å². The van der Waals surface area contributed by atoms with Gasteiger partial charge in [0.05, 0.1) is 26.2 Å². The molecular formula is C11H19NO4. The van der Waals surface area contributed by atoms with E-state index in [-0.39, 0.29) is 24.8 Å². The van der Waals surface area contributed by atoms with Crippen molar-refractivity contribution >= 4 is 5.97 Å². The van der Waals surface area contributed by atoms with Crippen LogP contribution in [-0.4, -0.2) is 45.2 Å². The van der Waals surface area contributed by atoms with E-state index in [0.29, 0.717) is 12.5 Å². The van der Waals surface area contributed by atoms with E-state index in [1.54, 1.807) is 0 Å². The summed E-state index contributed by atoms with van der Waals surface area (Å²) in [6.07, 6.45) is 2.12. The zero-order valence-corrected chi connectivity index (χ0v) is 9.61. The first-order chi connectivity index (χ1) is 7.78. The number of nitrogens with one attached hydrogen (secondary N) is 1. The quantitative estimate of drug-likeness (QED) is 0.702. The minimum Gasteiger partial charge on any atom is -0.469 e. The summed E-state index contributed by atoms with van der Waals surface area (Å²) >= 11 is 0. The lowest BCUT2D eigenvalue weighted by atomic mass is 10.1. The van der Waals surface area contributed by atoms with E-state index in [1.807, 2.05) is 0 Å². The van der Waals surface area contributed by atoms with Crippen molar-refractivity contribution in [3.8, 4) is 0 Å². The molecule has 0 aromatic heterocycles. The summed E-state index contributed by atoms with van der Waals surface area (Å²) < 4.78 is 15.8. The van der Waals surface area contributed by atoms with Gasteiger partial charge < -0.3 is 19.5 Å². The van der Waals surface area contributed by atoms with Crippen LogP contribution in [0.4, 0.5) is 0 Å². The normalized spacial score (nSPS) is 34.2. The second kappa shape index (κ2) is 5.61. The van der Waals surface area contributed by atoms with Gasteiger partial charge in [0, 0.05) is 6.42 Å². The van der Waals surface area contributed by atoms with Gasteiger partial charge in [-0.25, -0.2) is 0 Å². The molecule has 0 amide bonds. The molecule has 2 aliphatic heterocycles. The van der Waals surface area contributed by atoms with E-state index >= 15 is 0 Å². The van der Waals surface area contributed by atoms with Crippen molar-refractivity contribution in [2.45, 2.75) is 31.7 Å². The van der Waals surface area contributed by atoms with Gasteiger partial charge in [0.2, 0.25) is 0 Å².